The Bertz CT molecular complexity index is 1090. The second kappa shape index (κ2) is 7.27. The summed E-state index contributed by atoms with van der Waals surface area (Å²) in [5.41, 5.74) is 0.986. The van der Waals surface area contributed by atoms with Crippen LogP contribution in [0.15, 0.2) is 54.6 Å². The minimum absolute atomic E-state index is 0.110. The van der Waals surface area contributed by atoms with E-state index in [1.165, 1.54) is 19.1 Å². The van der Waals surface area contributed by atoms with E-state index in [0.717, 1.165) is 6.42 Å². The lowest BCUT2D eigenvalue weighted by Gasteiger charge is -2.20. The quantitative estimate of drug-likeness (QED) is 0.595. The number of methoxy groups -OCH3 is 2. The van der Waals surface area contributed by atoms with Gasteiger partial charge < -0.3 is 14.8 Å². The van der Waals surface area contributed by atoms with Gasteiger partial charge in [-0.05, 0) is 42.5 Å². The molecule has 5 rings (SSSR count). The minimum atomic E-state index is -0.444. The molecule has 0 unspecified atom stereocenters. The van der Waals surface area contributed by atoms with E-state index in [9.17, 15) is 14.4 Å². The second-order valence-corrected chi connectivity index (χ2v) is 8.05. The molecule has 7 heteroatoms. The van der Waals surface area contributed by atoms with Gasteiger partial charge in [-0.15, -0.1) is 0 Å². The number of amides is 3. The number of imide groups is 1. The molecule has 0 radical (unpaired) electrons. The highest BCUT2D eigenvalue weighted by Gasteiger charge is 2.59. The standard InChI is InChI=1S/C24H22N2O5/c1-30-15-9-10-19(31-2)17(12-15)25-22(27)16-5-3-4-6-18(16)26-23(28)20-13-7-8-14(11-13)21(20)24(26)29/h3-10,12-14,20-21H,11H2,1-2H3,(H,25,27)/t13-,14-,20+,21+/m0/s1. The predicted molar refractivity (Wildman–Crippen MR) is 114 cm³/mol. The summed E-state index contributed by atoms with van der Waals surface area (Å²) >= 11 is 0. The van der Waals surface area contributed by atoms with E-state index in [4.69, 9.17) is 9.47 Å². The van der Waals surface area contributed by atoms with Crippen molar-refractivity contribution in [2.24, 2.45) is 23.7 Å². The Hall–Kier alpha value is -3.61. The number of anilines is 2. The summed E-state index contributed by atoms with van der Waals surface area (Å²) in [6.45, 7) is 0. The highest BCUT2D eigenvalue weighted by molar-refractivity contribution is 6.25. The normalized spacial score (nSPS) is 25.7. The van der Waals surface area contributed by atoms with Crippen molar-refractivity contribution in [3.05, 3.63) is 60.2 Å². The molecule has 2 aromatic carbocycles. The number of nitrogens with one attached hydrogen (secondary N) is 1. The van der Waals surface area contributed by atoms with Gasteiger partial charge in [0.05, 0.1) is 43.0 Å². The number of nitrogens with zero attached hydrogens (tertiary/aromatic N) is 1. The summed E-state index contributed by atoms with van der Waals surface area (Å²) < 4.78 is 10.6. The molecule has 1 aliphatic heterocycles. The third kappa shape index (κ3) is 2.91. The molecular weight excluding hydrogens is 396 g/mol. The SMILES string of the molecule is COc1ccc(OC)c(NC(=O)c2ccccc2N2C(=O)[C@H]3[C@H](C2=O)[C@H]2C=C[C@H]3C2)c1. The second-order valence-electron chi connectivity index (χ2n) is 8.05. The molecule has 1 heterocycles. The lowest BCUT2D eigenvalue weighted by molar-refractivity contribution is -0.123. The number of para-hydroxylation sites is 1. The highest BCUT2D eigenvalue weighted by atomic mass is 16.5. The van der Waals surface area contributed by atoms with Crippen LogP contribution in [0.25, 0.3) is 0 Å². The first kappa shape index (κ1) is 19.4. The summed E-state index contributed by atoms with van der Waals surface area (Å²) in [7, 11) is 3.04. The molecule has 2 aromatic rings. The van der Waals surface area contributed by atoms with Crippen LogP contribution in [0.3, 0.4) is 0 Å². The van der Waals surface area contributed by atoms with Gasteiger partial charge in [0.15, 0.2) is 0 Å². The molecule has 7 nitrogen and oxygen atoms in total. The van der Waals surface area contributed by atoms with Gasteiger partial charge in [0.2, 0.25) is 11.8 Å². The van der Waals surface area contributed by atoms with E-state index in [1.807, 2.05) is 12.2 Å². The summed E-state index contributed by atoms with van der Waals surface area (Å²) in [5.74, 6) is -0.272. The number of rotatable bonds is 5. The van der Waals surface area contributed by atoms with Crippen LogP contribution in [0, 0.1) is 23.7 Å². The van der Waals surface area contributed by atoms with Crippen molar-refractivity contribution < 1.29 is 23.9 Å². The molecule has 2 fully saturated rings. The molecule has 1 saturated carbocycles. The Morgan fingerprint density at radius 1 is 0.968 bits per heavy atom. The van der Waals surface area contributed by atoms with E-state index in [2.05, 4.69) is 5.32 Å². The Morgan fingerprint density at radius 2 is 1.65 bits per heavy atom. The van der Waals surface area contributed by atoms with Crippen LogP contribution in [0.1, 0.15) is 16.8 Å². The Kier molecular flexibility index (Phi) is 4.54. The van der Waals surface area contributed by atoms with E-state index < -0.39 is 5.91 Å². The van der Waals surface area contributed by atoms with Crippen LogP contribution >= 0.6 is 0 Å². The van der Waals surface area contributed by atoms with E-state index in [0.29, 0.717) is 22.9 Å². The van der Waals surface area contributed by atoms with Crippen molar-refractivity contribution in [1.29, 1.82) is 0 Å². The van der Waals surface area contributed by atoms with Gasteiger partial charge in [-0.1, -0.05) is 24.3 Å². The van der Waals surface area contributed by atoms with Crippen LogP contribution in [-0.4, -0.2) is 31.9 Å². The fourth-order valence-corrected chi connectivity index (χ4v) is 5.10. The van der Waals surface area contributed by atoms with E-state index in [-0.39, 0.29) is 41.0 Å². The molecule has 1 N–H and O–H groups in total. The van der Waals surface area contributed by atoms with Gasteiger partial charge in [0.1, 0.15) is 11.5 Å². The zero-order valence-electron chi connectivity index (χ0n) is 17.2. The largest absolute Gasteiger partial charge is 0.497 e. The van der Waals surface area contributed by atoms with Crippen molar-refractivity contribution in [2.45, 2.75) is 6.42 Å². The Labute approximate surface area is 179 Å². The van der Waals surface area contributed by atoms with Crippen molar-refractivity contribution >= 4 is 29.1 Å². The Morgan fingerprint density at radius 3 is 2.29 bits per heavy atom. The van der Waals surface area contributed by atoms with E-state index in [1.54, 1.807) is 42.5 Å². The number of hydrogen-bond acceptors (Lipinski definition) is 5. The highest BCUT2D eigenvalue weighted by Crippen LogP contribution is 2.53. The molecule has 2 aliphatic carbocycles. The fraction of sp³-hybridized carbons (Fsp3) is 0.292. The summed E-state index contributed by atoms with van der Waals surface area (Å²) in [6.07, 6.45) is 4.96. The van der Waals surface area contributed by atoms with Crippen molar-refractivity contribution in [2.75, 3.05) is 24.4 Å². The van der Waals surface area contributed by atoms with Crippen LogP contribution < -0.4 is 19.7 Å². The van der Waals surface area contributed by atoms with Crippen molar-refractivity contribution in [3.63, 3.8) is 0 Å². The minimum Gasteiger partial charge on any atom is -0.497 e. The maximum Gasteiger partial charge on any atom is 0.257 e. The molecule has 0 spiro atoms. The zero-order chi connectivity index (χ0) is 21.7. The molecule has 31 heavy (non-hydrogen) atoms. The van der Waals surface area contributed by atoms with Crippen LogP contribution in [0.2, 0.25) is 0 Å². The first-order valence-corrected chi connectivity index (χ1v) is 10.2. The average Bonchev–Trinajstić information content (AvgIpc) is 3.47. The number of benzene rings is 2. The van der Waals surface area contributed by atoms with Gasteiger partial charge in [-0.3, -0.25) is 14.4 Å². The molecule has 0 aromatic heterocycles. The summed E-state index contributed by atoms with van der Waals surface area (Å²) in [6, 6.07) is 11.8. The first-order chi connectivity index (χ1) is 15.0. The third-order valence-corrected chi connectivity index (χ3v) is 6.51. The number of ether oxygens (including phenoxy) is 2. The number of fused-ring (bicyclic) bond motifs is 5. The maximum atomic E-state index is 13.2. The summed E-state index contributed by atoms with van der Waals surface area (Å²) in [4.78, 5) is 40.8. The lowest BCUT2D eigenvalue weighted by atomic mass is 9.85. The molecular formula is C24H22N2O5. The monoisotopic (exact) mass is 418 g/mol. The number of hydrogen-bond donors (Lipinski definition) is 1. The topological polar surface area (TPSA) is 84.9 Å². The van der Waals surface area contributed by atoms with Gasteiger partial charge >= 0.3 is 0 Å². The third-order valence-electron chi connectivity index (χ3n) is 6.51. The number of carbonyl (C=O) groups is 3. The van der Waals surface area contributed by atoms with Crippen LogP contribution in [0.4, 0.5) is 11.4 Å². The Balaban J connectivity index is 1.48. The molecule has 158 valence electrons. The van der Waals surface area contributed by atoms with Gasteiger partial charge in [0.25, 0.3) is 5.91 Å². The number of carbonyl (C=O) groups excluding carboxylic acids is 3. The maximum absolute atomic E-state index is 13.2. The smallest absolute Gasteiger partial charge is 0.257 e. The molecule has 3 amide bonds. The predicted octanol–water partition coefficient (Wildman–Crippen LogP) is 3.27. The van der Waals surface area contributed by atoms with Gasteiger partial charge in [0, 0.05) is 6.07 Å². The number of allylic oxidation sites excluding steroid dienone is 2. The first-order valence-electron chi connectivity index (χ1n) is 10.2. The summed E-state index contributed by atoms with van der Waals surface area (Å²) in [5, 5.41) is 2.82. The van der Waals surface area contributed by atoms with Crippen LogP contribution in [0.5, 0.6) is 11.5 Å². The van der Waals surface area contributed by atoms with E-state index >= 15 is 0 Å². The van der Waals surface area contributed by atoms with Crippen LogP contribution in [-0.2, 0) is 9.59 Å². The molecule has 1 saturated heterocycles. The lowest BCUT2D eigenvalue weighted by Crippen LogP contribution is -2.34. The van der Waals surface area contributed by atoms with Gasteiger partial charge in [-0.2, -0.15) is 0 Å². The molecule has 2 bridgehead atoms. The van der Waals surface area contributed by atoms with Gasteiger partial charge in [-0.25, -0.2) is 4.90 Å². The zero-order valence-corrected chi connectivity index (χ0v) is 17.2. The fourth-order valence-electron chi connectivity index (χ4n) is 5.10. The molecule has 4 atom stereocenters. The van der Waals surface area contributed by atoms with Crippen molar-refractivity contribution in [3.8, 4) is 11.5 Å². The average molecular weight is 418 g/mol. The molecule has 3 aliphatic rings. The van der Waals surface area contributed by atoms with Crippen molar-refractivity contribution in [1.82, 2.24) is 0 Å².